The van der Waals surface area contributed by atoms with Crippen LogP contribution in [0.1, 0.15) is 5.56 Å². The summed E-state index contributed by atoms with van der Waals surface area (Å²) in [4.78, 5) is 0. The minimum absolute atomic E-state index is 0.0398. The van der Waals surface area contributed by atoms with E-state index in [0.717, 1.165) is 6.07 Å². The maximum Gasteiger partial charge on any atom is 0.422 e. The van der Waals surface area contributed by atoms with Crippen molar-refractivity contribution in [3.05, 3.63) is 23.8 Å². The molecule has 15 heavy (non-hydrogen) atoms. The molecule has 0 aliphatic carbocycles. The third-order valence-corrected chi connectivity index (χ3v) is 1.68. The highest BCUT2D eigenvalue weighted by Gasteiger charge is 2.28. The molecule has 6 heteroatoms. The van der Waals surface area contributed by atoms with Crippen LogP contribution >= 0.6 is 0 Å². The molecule has 0 aliphatic heterocycles. The Morgan fingerprint density at radius 2 is 2.00 bits per heavy atom. The van der Waals surface area contributed by atoms with Gasteiger partial charge in [0.25, 0.3) is 0 Å². The topological polar surface area (TPSA) is 55.5 Å². The standard InChI is InChI=1S/C9H10F3NO2/c10-9(11,12)5-15-7-2-1-6(4-13)8(14)3-7/h1-3,14H,4-5,13H2. The first-order valence-corrected chi connectivity index (χ1v) is 4.14. The first kappa shape index (κ1) is 11.6. The highest BCUT2D eigenvalue weighted by Crippen LogP contribution is 2.24. The average Bonchev–Trinajstić information content (AvgIpc) is 2.14. The Labute approximate surface area is 84.3 Å². The lowest BCUT2D eigenvalue weighted by Crippen LogP contribution is -2.19. The van der Waals surface area contributed by atoms with E-state index in [1.165, 1.54) is 12.1 Å². The van der Waals surface area contributed by atoms with E-state index in [4.69, 9.17) is 5.73 Å². The van der Waals surface area contributed by atoms with Crippen molar-refractivity contribution in [3.63, 3.8) is 0 Å². The number of phenolic OH excluding ortho intramolecular Hbond substituents is 1. The summed E-state index contributed by atoms with van der Waals surface area (Å²) in [5.41, 5.74) is 5.72. The average molecular weight is 221 g/mol. The number of phenols is 1. The molecule has 1 rings (SSSR count). The fourth-order valence-electron chi connectivity index (χ4n) is 0.971. The number of aromatic hydroxyl groups is 1. The third-order valence-electron chi connectivity index (χ3n) is 1.68. The molecule has 0 bridgehead atoms. The van der Waals surface area contributed by atoms with E-state index in [0.29, 0.717) is 5.56 Å². The van der Waals surface area contributed by atoms with Crippen molar-refractivity contribution in [1.82, 2.24) is 0 Å². The van der Waals surface area contributed by atoms with Crippen molar-refractivity contribution in [2.24, 2.45) is 5.73 Å². The second kappa shape index (κ2) is 4.39. The molecule has 84 valence electrons. The molecular weight excluding hydrogens is 211 g/mol. The van der Waals surface area contributed by atoms with E-state index in [9.17, 15) is 18.3 Å². The zero-order valence-corrected chi connectivity index (χ0v) is 7.71. The van der Waals surface area contributed by atoms with E-state index in [1.54, 1.807) is 0 Å². The van der Waals surface area contributed by atoms with E-state index in [2.05, 4.69) is 4.74 Å². The molecule has 0 atom stereocenters. The van der Waals surface area contributed by atoms with Gasteiger partial charge in [-0.1, -0.05) is 6.07 Å². The predicted octanol–water partition coefficient (Wildman–Crippen LogP) is 1.79. The van der Waals surface area contributed by atoms with Gasteiger partial charge < -0.3 is 15.6 Å². The number of alkyl halides is 3. The molecule has 0 saturated heterocycles. The summed E-state index contributed by atoms with van der Waals surface area (Å²) in [6, 6.07) is 3.85. The van der Waals surface area contributed by atoms with Crippen LogP contribution in [-0.2, 0) is 6.54 Å². The molecule has 0 aromatic heterocycles. The summed E-state index contributed by atoms with van der Waals surface area (Å²) < 4.78 is 39.8. The lowest BCUT2D eigenvalue weighted by atomic mass is 10.2. The lowest BCUT2D eigenvalue weighted by molar-refractivity contribution is -0.153. The van der Waals surface area contributed by atoms with Crippen LogP contribution in [-0.4, -0.2) is 17.9 Å². The second-order valence-corrected chi connectivity index (χ2v) is 2.90. The van der Waals surface area contributed by atoms with Crippen molar-refractivity contribution < 1.29 is 23.0 Å². The van der Waals surface area contributed by atoms with E-state index in [1.807, 2.05) is 0 Å². The molecule has 3 nitrogen and oxygen atoms in total. The number of hydrogen-bond donors (Lipinski definition) is 2. The zero-order valence-electron chi connectivity index (χ0n) is 7.71. The number of hydrogen-bond acceptors (Lipinski definition) is 3. The van der Waals surface area contributed by atoms with Gasteiger partial charge in [-0.05, 0) is 6.07 Å². The Hall–Kier alpha value is -1.43. The summed E-state index contributed by atoms with van der Waals surface area (Å²) in [6.07, 6.45) is -4.39. The monoisotopic (exact) mass is 221 g/mol. The van der Waals surface area contributed by atoms with Gasteiger partial charge in [-0.15, -0.1) is 0 Å². The molecule has 0 fully saturated rings. The van der Waals surface area contributed by atoms with Gasteiger partial charge in [0.2, 0.25) is 0 Å². The van der Waals surface area contributed by atoms with Crippen LogP contribution in [0, 0.1) is 0 Å². The molecule has 0 unspecified atom stereocenters. The molecule has 1 aromatic rings. The van der Waals surface area contributed by atoms with Gasteiger partial charge in [0.15, 0.2) is 6.61 Å². The Morgan fingerprint density at radius 3 is 2.47 bits per heavy atom. The SMILES string of the molecule is NCc1ccc(OCC(F)(F)F)cc1O. The van der Waals surface area contributed by atoms with Gasteiger partial charge in [0, 0.05) is 18.2 Å². The van der Waals surface area contributed by atoms with Gasteiger partial charge in [0.05, 0.1) is 0 Å². The van der Waals surface area contributed by atoms with Gasteiger partial charge in [-0.3, -0.25) is 0 Å². The number of nitrogens with two attached hydrogens (primary N) is 1. The smallest absolute Gasteiger partial charge is 0.422 e. The maximum atomic E-state index is 11.8. The normalized spacial score (nSPS) is 11.5. The molecule has 0 radical (unpaired) electrons. The van der Waals surface area contributed by atoms with E-state index in [-0.39, 0.29) is 18.0 Å². The third kappa shape index (κ3) is 3.67. The van der Waals surface area contributed by atoms with Crippen LogP contribution in [0.25, 0.3) is 0 Å². The molecule has 1 aromatic carbocycles. The summed E-state index contributed by atoms with van der Waals surface area (Å²) >= 11 is 0. The molecule has 0 spiro atoms. The summed E-state index contributed by atoms with van der Waals surface area (Å²) in [5.74, 6) is -0.209. The van der Waals surface area contributed by atoms with Crippen LogP contribution < -0.4 is 10.5 Å². The van der Waals surface area contributed by atoms with Crippen LogP contribution in [0.3, 0.4) is 0 Å². The van der Waals surface area contributed by atoms with Gasteiger partial charge >= 0.3 is 6.18 Å². The van der Waals surface area contributed by atoms with Gasteiger partial charge in [0.1, 0.15) is 11.5 Å². The second-order valence-electron chi connectivity index (χ2n) is 2.90. The van der Waals surface area contributed by atoms with Crippen molar-refractivity contribution in [2.45, 2.75) is 12.7 Å². The fourth-order valence-corrected chi connectivity index (χ4v) is 0.971. The van der Waals surface area contributed by atoms with Crippen LogP contribution in [0.4, 0.5) is 13.2 Å². The number of benzene rings is 1. The number of halogens is 3. The van der Waals surface area contributed by atoms with Crippen molar-refractivity contribution in [1.29, 1.82) is 0 Å². The van der Waals surface area contributed by atoms with Crippen molar-refractivity contribution >= 4 is 0 Å². The summed E-state index contributed by atoms with van der Waals surface area (Å²) in [7, 11) is 0. The minimum atomic E-state index is -4.39. The van der Waals surface area contributed by atoms with Crippen LogP contribution in [0.2, 0.25) is 0 Å². The highest BCUT2D eigenvalue weighted by molar-refractivity contribution is 5.39. The van der Waals surface area contributed by atoms with Crippen molar-refractivity contribution in [3.8, 4) is 11.5 Å². The van der Waals surface area contributed by atoms with Crippen LogP contribution in [0.5, 0.6) is 11.5 Å². The van der Waals surface area contributed by atoms with Gasteiger partial charge in [-0.2, -0.15) is 13.2 Å². The van der Waals surface area contributed by atoms with Gasteiger partial charge in [-0.25, -0.2) is 0 Å². The molecule has 0 heterocycles. The zero-order chi connectivity index (χ0) is 11.5. The molecule has 0 aliphatic rings. The maximum absolute atomic E-state index is 11.8. The van der Waals surface area contributed by atoms with E-state index < -0.39 is 12.8 Å². The van der Waals surface area contributed by atoms with Crippen LogP contribution in [0.15, 0.2) is 18.2 Å². The Morgan fingerprint density at radius 1 is 1.33 bits per heavy atom. The first-order valence-electron chi connectivity index (χ1n) is 4.14. The Kier molecular flexibility index (Phi) is 3.41. The fraction of sp³-hybridized carbons (Fsp3) is 0.333. The summed E-state index contributed by atoms with van der Waals surface area (Å²) in [5, 5.41) is 9.28. The quantitative estimate of drug-likeness (QED) is 0.818. The Bertz CT molecular complexity index is 339. The molecule has 0 amide bonds. The molecule has 0 saturated carbocycles. The van der Waals surface area contributed by atoms with E-state index >= 15 is 0 Å². The molecule has 3 N–H and O–H groups in total. The molecular formula is C9H10F3NO2. The number of rotatable bonds is 3. The number of ether oxygens (including phenoxy) is 1. The first-order chi connectivity index (χ1) is 6.92. The summed E-state index contributed by atoms with van der Waals surface area (Å²) in [6.45, 7) is -1.26. The minimum Gasteiger partial charge on any atom is -0.507 e. The Balaban J connectivity index is 2.68. The predicted molar refractivity (Wildman–Crippen MR) is 47.5 cm³/mol. The highest BCUT2D eigenvalue weighted by atomic mass is 19.4. The van der Waals surface area contributed by atoms with Crippen molar-refractivity contribution in [2.75, 3.05) is 6.61 Å². The lowest BCUT2D eigenvalue weighted by Gasteiger charge is -2.10. The largest absolute Gasteiger partial charge is 0.507 e.